The second-order valence-electron chi connectivity index (χ2n) is 13.3. The molecule has 0 unspecified atom stereocenters. The fraction of sp³-hybridized carbons (Fsp3) is 0.543. The number of rotatable bonds is 16. The highest BCUT2D eigenvalue weighted by Gasteiger charge is 2.44. The number of aliphatic hydroxyl groups is 2. The maximum absolute atomic E-state index is 13.7. The molecule has 0 aromatic heterocycles. The first kappa shape index (κ1) is 38.2. The monoisotopic (exact) mass is 640 g/mol. The van der Waals surface area contributed by atoms with Gasteiger partial charge < -0.3 is 36.2 Å². The SMILES string of the molecule is Cc1ccc(NC(=O)C(O)(O)[C@H](CC(C)C)NC(=O)[C@H](CC(C)C)NC(=O)[C@H](CC(C)C)NC(=O)OCc2ccccc2)c(C)c1. The molecular weight excluding hydrogens is 588 g/mol. The first-order valence-corrected chi connectivity index (χ1v) is 15.9. The number of carbonyl (C=O) groups excluding carboxylic acids is 4. The zero-order chi connectivity index (χ0) is 34.6. The number of hydrogen-bond acceptors (Lipinski definition) is 7. The quantitative estimate of drug-likeness (QED) is 0.149. The van der Waals surface area contributed by atoms with Crippen molar-refractivity contribution in [2.45, 2.75) is 105 Å². The van der Waals surface area contributed by atoms with Gasteiger partial charge in [0.25, 0.3) is 11.7 Å². The zero-order valence-corrected chi connectivity index (χ0v) is 28.3. The van der Waals surface area contributed by atoms with Crippen LogP contribution in [0.4, 0.5) is 10.5 Å². The van der Waals surface area contributed by atoms with Crippen molar-refractivity contribution in [1.82, 2.24) is 16.0 Å². The van der Waals surface area contributed by atoms with Crippen LogP contribution in [0.1, 0.15) is 77.5 Å². The minimum atomic E-state index is -2.96. The third-order valence-electron chi connectivity index (χ3n) is 7.34. The Morgan fingerprint density at radius 2 is 1.28 bits per heavy atom. The number of amides is 4. The summed E-state index contributed by atoms with van der Waals surface area (Å²) in [5.41, 5.74) is 2.92. The van der Waals surface area contributed by atoms with Crippen LogP contribution in [0.5, 0.6) is 0 Å². The molecule has 0 saturated heterocycles. The second kappa shape index (κ2) is 17.7. The summed E-state index contributed by atoms with van der Waals surface area (Å²) in [4.78, 5) is 52.9. The molecule has 6 N–H and O–H groups in total. The Morgan fingerprint density at radius 3 is 1.83 bits per heavy atom. The standard InChI is InChI=1S/C35H52N4O7/c1-21(2)16-28(36-31(40)29(17-22(3)4)38-34(43)46-20-26-12-10-9-11-13-26)32(41)39-30(18-23(5)6)35(44,45)33(42)37-27-15-14-24(7)19-25(27)8/h9-15,19,21-23,28-30,44-45H,16-18,20H2,1-8H3,(H,36,40)(H,37,42)(H,38,43)(H,39,41)/t28-,29-,30-/m0/s1. The van der Waals surface area contributed by atoms with Gasteiger partial charge in [0.1, 0.15) is 18.7 Å². The van der Waals surface area contributed by atoms with Crippen molar-refractivity contribution in [3.8, 4) is 0 Å². The molecular formula is C35H52N4O7. The van der Waals surface area contributed by atoms with Crippen molar-refractivity contribution >= 4 is 29.5 Å². The number of anilines is 1. The summed E-state index contributed by atoms with van der Waals surface area (Å²) in [6, 6.07) is 11.0. The van der Waals surface area contributed by atoms with E-state index >= 15 is 0 Å². The van der Waals surface area contributed by atoms with Gasteiger partial charge in [-0.1, -0.05) is 89.6 Å². The molecule has 0 aliphatic heterocycles. The van der Waals surface area contributed by atoms with E-state index in [0.717, 1.165) is 16.7 Å². The molecule has 11 heteroatoms. The van der Waals surface area contributed by atoms with E-state index in [9.17, 15) is 29.4 Å². The van der Waals surface area contributed by atoms with Crippen molar-refractivity contribution in [2.24, 2.45) is 17.8 Å². The van der Waals surface area contributed by atoms with Crippen LogP contribution in [-0.4, -0.2) is 57.9 Å². The van der Waals surface area contributed by atoms with Gasteiger partial charge >= 0.3 is 6.09 Å². The number of aryl methyl sites for hydroxylation is 2. The van der Waals surface area contributed by atoms with E-state index in [4.69, 9.17) is 4.74 Å². The van der Waals surface area contributed by atoms with E-state index in [1.165, 1.54) is 0 Å². The minimum Gasteiger partial charge on any atom is -0.445 e. The number of hydrogen-bond donors (Lipinski definition) is 6. The smallest absolute Gasteiger partial charge is 0.408 e. The van der Waals surface area contributed by atoms with Gasteiger partial charge in [0.2, 0.25) is 11.8 Å². The molecule has 46 heavy (non-hydrogen) atoms. The van der Waals surface area contributed by atoms with Gasteiger partial charge in [-0.25, -0.2) is 4.79 Å². The highest BCUT2D eigenvalue weighted by Crippen LogP contribution is 2.22. The number of ether oxygens (including phenoxy) is 1. The lowest BCUT2D eigenvalue weighted by Crippen LogP contribution is -2.63. The predicted molar refractivity (Wildman–Crippen MR) is 177 cm³/mol. The van der Waals surface area contributed by atoms with E-state index < -0.39 is 47.7 Å². The van der Waals surface area contributed by atoms with Crippen molar-refractivity contribution in [3.05, 3.63) is 65.2 Å². The Bertz CT molecular complexity index is 1310. The van der Waals surface area contributed by atoms with Crippen LogP contribution in [-0.2, 0) is 25.7 Å². The van der Waals surface area contributed by atoms with Crippen LogP contribution < -0.4 is 21.3 Å². The van der Waals surface area contributed by atoms with Gasteiger partial charge in [-0.15, -0.1) is 0 Å². The topological polar surface area (TPSA) is 166 Å². The molecule has 0 aliphatic rings. The fourth-order valence-electron chi connectivity index (χ4n) is 4.98. The molecule has 11 nitrogen and oxygen atoms in total. The number of carbonyl (C=O) groups is 4. The summed E-state index contributed by atoms with van der Waals surface area (Å²) in [7, 11) is 0. The summed E-state index contributed by atoms with van der Waals surface area (Å²) in [6.07, 6.45) is -0.205. The molecule has 0 fully saturated rings. The minimum absolute atomic E-state index is 0.0260. The fourth-order valence-corrected chi connectivity index (χ4v) is 4.98. The Hall–Kier alpha value is -3.96. The summed E-state index contributed by atoms with van der Waals surface area (Å²) in [5.74, 6) is -5.46. The molecule has 0 aliphatic carbocycles. The molecule has 0 radical (unpaired) electrons. The molecule has 0 saturated carbocycles. The summed E-state index contributed by atoms with van der Waals surface area (Å²) < 4.78 is 5.31. The summed E-state index contributed by atoms with van der Waals surface area (Å²) >= 11 is 0. The average Bonchev–Trinajstić information content (AvgIpc) is 2.96. The number of benzene rings is 2. The van der Waals surface area contributed by atoms with Crippen LogP contribution in [0, 0.1) is 31.6 Å². The van der Waals surface area contributed by atoms with Crippen molar-refractivity contribution in [1.29, 1.82) is 0 Å². The average molecular weight is 641 g/mol. The normalized spacial score (nSPS) is 13.6. The molecule has 2 rings (SSSR count). The first-order chi connectivity index (χ1) is 21.5. The number of nitrogens with one attached hydrogen (secondary N) is 4. The predicted octanol–water partition coefficient (Wildman–Crippen LogP) is 4.33. The maximum atomic E-state index is 13.7. The van der Waals surface area contributed by atoms with E-state index in [0.29, 0.717) is 5.69 Å². The van der Waals surface area contributed by atoms with Crippen molar-refractivity contribution in [3.63, 3.8) is 0 Å². The summed E-state index contributed by atoms with van der Waals surface area (Å²) in [6.45, 7) is 14.9. The van der Waals surface area contributed by atoms with Crippen molar-refractivity contribution < 1.29 is 34.1 Å². The second-order valence-corrected chi connectivity index (χ2v) is 13.3. The molecule has 4 amide bonds. The molecule has 0 heterocycles. The Morgan fingerprint density at radius 1 is 0.739 bits per heavy atom. The molecule has 2 aromatic carbocycles. The van der Waals surface area contributed by atoms with E-state index in [1.807, 2.05) is 84.9 Å². The van der Waals surface area contributed by atoms with Crippen LogP contribution in [0.15, 0.2) is 48.5 Å². The Labute approximate surface area is 272 Å². The van der Waals surface area contributed by atoms with Gasteiger partial charge in [0.15, 0.2) is 0 Å². The number of alkyl carbamates (subject to hydrolysis) is 1. The Kier molecular flexibility index (Phi) is 14.7. The molecule has 2 aromatic rings. The molecule has 0 bridgehead atoms. The van der Waals surface area contributed by atoms with Crippen molar-refractivity contribution in [2.75, 3.05) is 5.32 Å². The Balaban J connectivity index is 2.21. The first-order valence-electron chi connectivity index (χ1n) is 15.9. The molecule has 0 spiro atoms. The highest BCUT2D eigenvalue weighted by atomic mass is 16.5. The lowest BCUT2D eigenvalue weighted by molar-refractivity contribution is -0.193. The van der Waals surface area contributed by atoms with Crippen LogP contribution in [0.25, 0.3) is 0 Å². The van der Waals surface area contributed by atoms with Gasteiger partial charge in [0, 0.05) is 5.69 Å². The van der Waals surface area contributed by atoms with Gasteiger partial charge in [0.05, 0.1) is 6.04 Å². The lowest BCUT2D eigenvalue weighted by Gasteiger charge is -2.33. The van der Waals surface area contributed by atoms with E-state index in [2.05, 4.69) is 21.3 Å². The van der Waals surface area contributed by atoms with Gasteiger partial charge in [-0.05, 0) is 68.1 Å². The van der Waals surface area contributed by atoms with Crippen LogP contribution >= 0.6 is 0 Å². The van der Waals surface area contributed by atoms with Crippen LogP contribution in [0.3, 0.4) is 0 Å². The van der Waals surface area contributed by atoms with E-state index in [-0.39, 0.29) is 43.6 Å². The van der Waals surface area contributed by atoms with Gasteiger partial charge in [-0.3, -0.25) is 14.4 Å². The third kappa shape index (κ3) is 12.4. The lowest BCUT2D eigenvalue weighted by atomic mass is 9.94. The molecule has 3 atom stereocenters. The largest absolute Gasteiger partial charge is 0.445 e. The highest BCUT2D eigenvalue weighted by molar-refractivity contribution is 5.98. The zero-order valence-electron chi connectivity index (χ0n) is 28.3. The third-order valence-corrected chi connectivity index (χ3v) is 7.34. The van der Waals surface area contributed by atoms with Crippen LogP contribution in [0.2, 0.25) is 0 Å². The summed E-state index contributed by atoms with van der Waals surface area (Å²) in [5, 5.41) is 32.7. The van der Waals surface area contributed by atoms with Gasteiger partial charge in [-0.2, -0.15) is 0 Å². The van der Waals surface area contributed by atoms with E-state index in [1.54, 1.807) is 19.1 Å². The molecule has 254 valence electrons. The maximum Gasteiger partial charge on any atom is 0.408 e.